The zero-order chi connectivity index (χ0) is 20.0. The fraction of sp³-hybridized carbons (Fsp3) is 0.316. The molecule has 0 atom stereocenters. The molecular weight excluding hydrogens is 350 g/mol. The molecule has 1 aliphatic rings. The first kappa shape index (κ1) is 20.2. The number of hydrogen-bond acceptors (Lipinski definition) is 7. The predicted octanol–water partition coefficient (Wildman–Crippen LogP) is 2.56. The van der Waals surface area contributed by atoms with Gasteiger partial charge in [0.1, 0.15) is 11.4 Å². The van der Waals surface area contributed by atoms with Crippen molar-refractivity contribution in [2.45, 2.75) is 32.8 Å². The van der Waals surface area contributed by atoms with Crippen LogP contribution in [-0.4, -0.2) is 34.1 Å². The van der Waals surface area contributed by atoms with Crippen molar-refractivity contribution >= 4 is 11.9 Å². The molecule has 1 aromatic rings. The maximum absolute atomic E-state index is 11.9. The van der Waals surface area contributed by atoms with Crippen molar-refractivity contribution in [3.05, 3.63) is 53.7 Å². The van der Waals surface area contributed by atoms with Crippen molar-refractivity contribution in [1.29, 1.82) is 0 Å². The fourth-order valence-corrected chi connectivity index (χ4v) is 2.15. The van der Waals surface area contributed by atoms with Gasteiger partial charge in [-0.3, -0.25) is 10.1 Å². The van der Waals surface area contributed by atoms with Crippen LogP contribution >= 0.6 is 0 Å². The maximum atomic E-state index is 11.9. The second kappa shape index (κ2) is 8.50. The number of nitrogens with two attached hydrogens (primary N) is 1. The van der Waals surface area contributed by atoms with Gasteiger partial charge in [0.15, 0.2) is 23.0 Å². The zero-order valence-electron chi connectivity index (χ0n) is 15.5. The van der Waals surface area contributed by atoms with Crippen molar-refractivity contribution in [3.8, 4) is 11.5 Å². The Morgan fingerprint density at radius 2 is 2.07 bits per heavy atom. The summed E-state index contributed by atoms with van der Waals surface area (Å²) in [7, 11) is 0. The molecule has 1 aliphatic carbocycles. The minimum Gasteiger partial charge on any atom is -0.503 e. The highest BCUT2D eigenvalue weighted by atomic mass is 16.6. The minimum absolute atomic E-state index is 0.0784. The molecule has 144 valence electrons. The molecule has 4 N–H and O–H groups in total. The van der Waals surface area contributed by atoms with E-state index >= 15 is 0 Å². The molecular formula is C19H23N3O5. The summed E-state index contributed by atoms with van der Waals surface area (Å²) in [6.07, 6.45) is 8.03. The second-order valence-electron chi connectivity index (χ2n) is 6.73. The number of ether oxygens (including phenoxy) is 2. The molecule has 0 unspecified atom stereocenters. The number of pyridine rings is 1. The lowest BCUT2D eigenvalue weighted by Crippen LogP contribution is -2.31. The summed E-state index contributed by atoms with van der Waals surface area (Å²) < 4.78 is 10.9. The van der Waals surface area contributed by atoms with E-state index in [4.69, 9.17) is 15.2 Å². The monoisotopic (exact) mass is 373 g/mol. The average molecular weight is 373 g/mol. The standard InChI is InChI=1S/C19H23N3O5/c1-19(2,3)27-18(25)22-12-5-4-6-13(8-7-12)26-15-9-10-21-16(17(15)24)14(23)11-20/h4,6-10,24H,5,11,20H2,1-3H3,(H,22,25). The maximum Gasteiger partial charge on any atom is 0.411 e. The average Bonchev–Trinajstić information content (AvgIpc) is 2.79. The number of Topliss-reactive ketones (excluding diaryl/α,β-unsaturated/α-hetero) is 1. The number of hydrogen-bond donors (Lipinski definition) is 3. The van der Waals surface area contributed by atoms with Gasteiger partial charge in [0, 0.05) is 24.4 Å². The highest BCUT2D eigenvalue weighted by molar-refractivity contribution is 5.98. The molecule has 0 bridgehead atoms. The largest absolute Gasteiger partial charge is 0.503 e. The van der Waals surface area contributed by atoms with E-state index in [1.165, 1.54) is 12.3 Å². The second-order valence-corrected chi connectivity index (χ2v) is 6.73. The normalized spacial score (nSPS) is 13.9. The van der Waals surface area contributed by atoms with Gasteiger partial charge in [-0.15, -0.1) is 0 Å². The Bertz CT molecular complexity index is 819. The lowest BCUT2D eigenvalue weighted by molar-refractivity contribution is 0.0545. The van der Waals surface area contributed by atoms with Gasteiger partial charge in [-0.2, -0.15) is 0 Å². The first-order valence-electron chi connectivity index (χ1n) is 8.36. The van der Waals surface area contributed by atoms with Crippen LogP contribution in [0, 0.1) is 0 Å². The Labute approximate surface area is 157 Å². The molecule has 0 aliphatic heterocycles. The Balaban J connectivity index is 2.12. The predicted molar refractivity (Wildman–Crippen MR) is 99.2 cm³/mol. The molecule has 8 heteroatoms. The Kier molecular flexibility index (Phi) is 6.36. The van der Waals surface area contributed by atoms with Crippen molar-refractivity contribution in [1.82, 2.24) is 10.3 Å². The SMILES string of the molecule is CC(C)(C)OC(=O)NC1=CC=C(Oc2ccnc(C(=O)CN)c2O)C=CC1. The summed E-state index contributed by atoms with van der Waals surface area (Å²) >= 11 is 0. The van der Waals surface area contributed by atoms with Crippen LogP contribution in [0.4, 0.5) is 4.79 Å². The number of amides is 1. The van der Waals surface area contributed by atoms with E-state index in [2.05, 4.69) is 10.3 Å². The lowest BCUT2D eigenvalue weighted by Gasteiger charge is -2.20. The van der Waals surface area contributed by atoms with Crippen LogP contribution in [0.3, 0.4) is 0 Å². The minimum atomic E-state index is -0.590. The van der Waals surface area contributed by atoms with E-state index in [9.17, 15) is 14.7 Å². The number of carbonyl (C=O) groups excluding carboxylic acids is 2. The zero-order valence-corrected chi connectivity index (χ0v) is 15.5. The summed E-state index contributed by atoms with van der Waals surface area (Å²) in [6, 6.07) is 1.44. The van der Waals surface area contributed by atoms with Gasteiger partial charge in [0.2, 0.25) is 0 Å². The lowest BCUT2D eigenvalue weighted by atomic mass is 10.2. The number of nitrogens with zero attached hydrogens (tertiary/aromatic N) is 1. The highest BCUT2D eigenvalue weighted by Crippen LogP contribution is 2.30. The number of ketones is 1. The third-order valence-electron chi connectivity index (χ3n) is 3.29. The van der Waals surface area contributed by atoms with Crippen molar-refractivity contribution in [3.63, 3.8) is 0 Å². The van der Waals surface area contributed by atoms with Gasteiger partial charge in [0.25, 0.3) is 0 Å². The molecule has 0 saturated carbocycles. The quantitative estimate of drug-likeness (QED) is 0.678. The molecule has 0 aromatic carbocycles. The number of carbonyl (C=O) groups is 2. The van der Waals surface area contributed by atoms with Gasteiger partial charge in [-0.25, -0.2) is 9.78 Å². The third kappa shape index (κ3) is 5.96. The summed E-state index contributed by atoms with van der Waals surface area (Å²) in [5.74, 6) is -0.382. The molecule has 0 saturated heterocycles. The number of aromatic hydroxyl groups is 1. The number of rotatable bonds is 5. The van der Waals surface area contributed by atoms with E-state index in [1.54, 1.807) is 45.1 Å². The van der Waals surface area contributed by atoms with Gasteiger partial charge in [0.05, 0.1) is 6.54 Å². The molecule has 0 fully saturated rings. The smallest absolute Gasteiger partial charge is 0.411 e. The summed E-state index contributed by atoms with van der Waals surface area (Å²) in [4.78, 5) is 27.4. The van der Waals surface area contributed by atoms with Crippen LogP contribution in [0.25, 0.3) is 0 Å². The van der Waals surface area contributed by atoms with Crippen LogP contribution in [0.1, 0.15) is 37.7 Å². The number of aromatic nitrogens is 1. The van der Waals surface area contributed by atoms with E-state index in [0.29, 0.717) is 17.9 Å². The van der Waals surface area contributed by atoms with Gasteiger partial charge in [-0.05, 0) is 39.0 Å². The molecule has 0 spiro atoms. The van der Waals surface area contributed by atoms with Crippen LogP contribution in [-0.2, 0) is 4.74 Å². The van der Waals surface area contributed by atoms with Crippen LogP contribution in [0.2, 0.25) is 0 Å². The Hall–Kier alpha value is -3.13. The molecule has 1 aromatic heterocycles. The van der Waals surface area contributed by atoms with Crippen molar-refractivity contribution < 1.29 is 24.2 Å². The first-order chi connectivity index (χ1) is 12.7. The van der Waals surface area contributed by atoms with E-state index in [-0.39, 0.29) is 23.7 Å². The summed E-state index contributed by atoms with van der Waals surface area (Å²) in [6.45, 7) is 5.08. The van der Waals surface area contributed by atoms with Crippen LogP contribution in [0.15, 0.2) is 48.0 Å². The Morgan fingerprint density at radius 1 is 1.33 bits per heavy atom. The number of allylic oxidation sites excluding steroid dienone is 4. The van der Waals surface area contributed by atoms with E-state index < -0.39 is 17.5 Å². The number of alkyl carbamates (subject to hydrolysis) is 1. The van der Waals surface area contributed by atoms with Gasteiger partial charge >= 0.3 is 6.09 Å². The summed E-state index contributed by atoms with van der Waals surface area (Å²) in [5.41, 5.74) is 5.19. The third-order valence-corrected chi connectivity index (χ3v) is 3.29. The topological polar surface area (TPSA) is 124 Å². The molecule has 1 heterocycles. The fourth-order valence-electron chi connectivity index (χ4n) is 2.15. The molecule has 27 heavy (non-hydrogen) atoms. The van der Waals surface area contributed by atoms with Crippen molar-refractivity contribution in [2.75, 3.05) is 6.54 Å². The van der Waals surface area contributed by atoms with E-state index in [0.717, 1.165) is 0 Å². The Morgan fingerprint density at radius 3 is 2.74 bits per heavy atom. The van der Waals surface area contributed by atoms with Crippen LogP contribution in [0.5, 0.6) is 11.5 Å². The summed E-state index contributed by atoms with van der Waals surface area (Å²) in [5, 5.41) is 12.8. The van der Waals surface area contributed by atoms with Gasteiger partial charge < -0.3 is 20.3 Å². The van der Waals surface area contributed by atoms with Crippen molar-refractivity contribution in [2.24, 2.45) is 5.73 Å². The van der Waals surface area contributed by atoms with Gasteiger partial charge in [-0.1, -0.05) is 6.08 Å². The molecule has 8 nitrogen and oxygen atoms in total. The van der Waals surface area contributed by atoms with E-state index in [1.807, 2.05) is 0 Å². The first-order valence-corrected chi connectivity index (χ1v) is 8.36. The van der Waals surface area contributed by atoms with Crippen LogP contribution < -0.4 is 15.8 Å². The molecule has 1 amide bonds. The molecule has 2 rings (SSSR count). The highest BCUT2D eigenvalue weighted by Gasteiger charge is 2.18. The molecule has 0 radical (unpaired) electrons. The number of nitrogens with one attached hydrogen (secondary N) is 1.